The Morgan fingerprint density at radius 2 is 1.84 bits per heavy atom. The van der Waals surface area contributed by atoms with Gasteiger partial charge in [0, 0.05) is 5.69 Å². The number of aliphatic carboxylic acids is 1. The van der Waals surface area contributed by atoms with E-state index in [4.69, 9.17) is 5.11 Å². The van der Waals surface area contributed by atoms with Crippen LogP contribution in [0.3, 0.4) is 0 Å². The smallest absolute Gasteiger partial charge is 0.307 e. The SMILES string of the molecule is Cc1ccccc1N1C(=O)CC(Nc2ccc(CC(=O)O)cc2)C1=O. The van der Waals surface area contributed by atoms with E-state index < -0.39 is 12.0 Å². The number of carbonyl (C=O) groups excluding carboxylic acids is 2. The van der Waals surface area contributed by atoms with E-state index in [-0.39, 0.29) is 24.7 Å². The molecule has 0 aliphatic carbocycles. The highest BCUT2D eigenvalue weighted by molar-refractivity contribution is 6.23. The zero-order chi connectivity index (χ0) is 18.0. The van der Waals surface area contributed by atoms with Crippen molar-refractivity contribution in [2.75, 3.05) is 10.2 Å². The summed E-state index contributed by atoms with van der Waals surface area (Å²) in [5.74, 6) is -1.42. The van der Waals surface area contributed by atoms with Gasteiger partial charge in [-0.2, -0.15) is 0 Å². The Hall–Kier alpha value is -3.15. The van der Waals surface area contributed by atoms with Crippen LogP contribution in [0.25, 0.3) is 0 Å². The fourth-order valence-electron chi connectivity index (χ4n) is 2.91. The van der Waals surface area contributed by atoms with Crippen LogP contribution >= 0.6 is 0 Å². The minimum Gasteiger partial charge on any atom is -0.481 e. The summed E-state index contributed by atoms with van der Waals surface area (Å²) >= 11 is 0. The number of rotatable bonds is 5. The molecular weight excluding hydrogens is 320 g/mol. The van der Waals surface area contributed by atoms with Crippen molar-refractivity contribution >= 4 is 29.2 Å². The number of nitrogens with zero attached hydrogens (tertiary/aromatic N) is 1. The molecule has 1 unspecified atom stereocenters. The highest BCUT2D eigenvalue weighted by Gasteiger charge is 2.40. The molecule has 6 nitrogen and oxygen atoms in total. The Morgan fingerprint density at radius 3 is 2.48 bits per heavy atom. The summed E-state index contributed by atoms with van der Waals surface area (Å²) in [4.78, 5) is 36.9. The molecule has 25 heavy (non-hydrogen) atoms. The maximum atomic E-state index is 12.7. The summed E-state index contributed by atoms with van der Waals surface area (Å²) in [6.45, 7) is 1.86. The van der Waals surface area contributed by atoms with Gasteiger partial charge in [0.1, 0.15) is 6.04 Å². The number of amides is 2. The van der Waals surface area contributed by atoms with Gasteiger partial charge in [-0.05, 0) is 36.2 Å². The molecule has 6 heteroatoms. The molecule has 128 valence electrons. The fraction of sp³-hybridized carbons (Fsp3) is 0.211. The zero-order valence-electron chi connectivity index (χ0n) is 13.7. The van der Waals surface area contributed by atoms with E-state index in [2.05, 4.69) is 5.32 Å². The summed E-state index contributed by atoms with van der Waals surface area (Å²) in [5, 5.41) is 11.8. The van der Waals surface area contributed by atoms with E-state index in [1.807, 2.05) is 19.1 Å². The largest absolute Gasteiger partial charge is 0.481 e. The van der Waals surface area contributed by atoms with Crippen molar-refractivity contribution in [1.82, 2.24) is 0 Å². The van der Waals surface area contributed by atoms with Crippen LogP contribution in [0, 0.1) is 6.92 Å². The highest BCUT2D eigenvalue weighted by atomic mass is 16.4. The molecule has 0 bridgehead atoms. The number of carboxylic acids is 1. The molecule has 0 aromatic heterocycles. The second-order valence-corrected chi connectivity index (χ2v) is 6.02. The van der Waals surface area contributed by atoms with Crippen molar-refractivity contribution in [3.63, 3.8) is 0 Å². The van der Waals surface area contributed by atoms with Crippen LogP contribution < -0.4 is 10.2 Å². The number of carboxylic acid groups (broad SMARTS) is 1. The summed E-state index contributed by atoms with van der Waals surface area (Å²) in [6, 6.07) is 13.5. The van der Waals surface area contributed by atoms with E-state index in [0.717, 1.165) is 5.56 Å². The van der Waals surface area contributed by atoms with Crippen molar-refractivity contribution in [3.8, 4) is 0 Å². The first-order valence-corrected chi connectivity index (χ1v) is 7.95. The molecule has 2 aromatic carbocycles. The van der Waals surface area contributed by atoms with Gasteiger partial charge in [0.25, 0.3) is 5.91 Å². The molecule has 1 fully saturated rings. The molecule has 0 saturated carbocycles. The monoisotopic (exact) mass is 338 g/mol. The predicted octanol–water partition coefficient (Wildman–Crippen LogP) is 2.37. The molecule has 1 aliphatic heterocycles. The molecule has 1 saturated heterocycles. The van der Waals surface area contributed by atoms with Crippen molar-refractivity contribution < 1.29 is 19.5 Å². The molecule has 3 rings (SSSR count). The zero-order valence-corrected chi connectivity index (χ0v) is 13.7. The Morgan fingerprint density at radius 1 is 1.16 bits per heavy atom. The minimum atomic E-state index is -0.897. The number of benzene rings is 2. The third-order valence-corrected chi connectivity index (χ3v) is 4.15. The standard InChI is InChI=1S/C19H18N2O4/c1-12-4-2-3-5-16(12)21-17(22)11-15(19(21)25)20-14-8-6-13(7-9-14)10-18(23)24/h2-9,15,20H,10-11H2,1H3,(H,23,24). The number of anilines is 2. The summed E-state index contributed by atoms with van der Waals surface area (Å²) in [6.07, 6.45) is 0.0340. The quantitative estimate of drug-likeness (QED) is 0.817. The molecule has 0 spiro atoms. The first kappa shape index (κ1) is 16.7. The maximum Gasteiger partial charge on any atom is 0.307 e. The lowest BCUT2D eigenvalue weighted by Gasteiger charge is -2.18. The molecule has 2 N–H and O–H groups in total. The first-order chi connectivity index (χ1) is 12.0. The average molecular weight is 338 g/mol. The summed E-state index contributed by atoms with van der Waals surface area (Å²) in [5.41, 5.74) is 2.82. The van der Waals surface area contributed by atoms with Crippen molar-refractivity contribution in [2.45, 2.75) is 25.8 Å². The number of para-hydroxylation sites is 1. The van der Waals surface area contributed by atoms with E-state index >= 15 is 0 Å². The topological polar surface area (TPSA) is 86.7 Å². The van der Waals surface area contributed by atoms with Gasteiger partial charge in [-0.25, -0.2) is 4.90 Å². The van der Waals surface area contributed by atoms with Gasteiger partial charge < -0.3 is 10.4 Å². The number of nitrogens with one attached hydrogen (secondary N) is 1. The van der Waals surface area contributed by atoms with E-state index in [0.29, 0.717) is 16.9 Å². The molecule has 2 amide bonds. The maximum absolute atomic E-state index is 12.7. The third kappa shape index (κ3) is 3.52. The van der Waals surface area contributed by atoms with Gasteiger partial charge in [0.15, 0.2) is 0 Å². The molecule has 2 aromatic rings. The molecule has 0 radical (unpaired) electrons. The van der Waals surface area contributed by atoms with Crippen LogP contribution in [-0.2, 0) is 20.8 Å². The average Bonchev–Trinajstić information content (AvgIpc) is 2.83. The van der Waals surface area contributed by atoms with Crippen LogP contribution in [0.1, 0.15) is 17.5 Å². The van der Waals surface area contributed by atoms with E-state index in [9.17, 15) is 14.4 Å². The minimum absolute atomic E-state index is 0.0534. The second kappa shape index (κ2) is 6.76. The summed E-state index contributed by atoms with van der Waals surface area (Å²) in [7, 11) is 0. The normalized spacial score (nSPS) is 17.0. The highest BCUT2D eigenvalue weighted by Crippen LogP contribution is 2.27. The lowest BCUT2D eigenvalue weighted by molar-refractivity contribution is -0.136. The number of imide groups is 1. The van der Waals surface area contributed by atoms with Crippen molar-refractivity contribution in [3.05, 3.63) is 59.7 Å². The predicted molar refractivity (Wildman–Crippen MR) is 93.5 cm³/mol. The van der Waals surface area contributed by atoms with Crippen molar-refractivity contribution in [2.24, 2.45) is 0 Å². The Labute approximate surface area is 145 Å². The third-order valence-electron chi connectivity index (χ3n) is 4.15. The number of carbonyl (C=O) groups is 3. The van der Waals surface area contributed by atoms with Gasteiger partial charge in [0.2, 0.25) is 5.91 Å². The van der Waals surface area contributed by atoms with Crippen LogP contribution in [-0.4, -0.2) is 28.9 Å². The van der Waals surface area contributed by atoms with Gasteiger partial charge in [0.05, 0.1) is 18.5 Å². The Balaban J connectivity index is 1.74. The van der Waals surface area contributed by atoms with Crippen LogP contribution in [0.5, 0.6) is 0 Å². The number of aryl methyl sites for hydroxylation is 1. The first-order valence-electron chi connectivity index (χ1n) is 7.95. The lowest BCUT2D eigenvalue weighted by Crippen LogP contribution is -2.35. The fourth-order valence-corrected chi connectivity index (χ4v) is 2.91. The molecular formula is C19H18N2O4. The number of hydrogen-bond donors (Lipinski definition) is 2. The van der Waals surface area contributed by atoms with E-state index in [1.165, 1.54) is 4.90 Å². The van der Waals surface area contributed by atoms with Gasteiger partial charge in [-0.3, -0.25) is 14.4 Å². The molecule has 1 aliphatic rings. The van der Waals surface area contributed by atoms with Gasteiger partial charge in [-0.15, -0.1) is 0 Å². The van der Waals surface area contributed by atoms with Crippen molar-refractivity contribution in [1.29, 1.82) is 0 Å². The van der Waals surface area contributed by atoms with Crippen LogP contribution in [0.2, 0.25) is 0 Å². The van der Waals surface area contributed by atoms with Crippen LogP contribution in [0.4, 0.5) is 11.4 Å². The van der Waals surface area contributed by atoms with E-state index in [1.54, 1.807) is 36.4 Å². The molecule has 1 heterocycles. The Kier molecular flexibility index (Phi) is 4.52. The number of hydrogen-bond acceptors (Lipinski definition) is 4. The molecule has 1 atom stereocenters. The summed E-state index contributed by atoms with van der Waals surface area (Å²) < 4.78 is 0. The second-order valence-electron chi connectivity index (χ2n) is 6.02. The Bertz CT molecular complexity index is 830. The van der Waals surface area contributed by atoms with Gasteiger partial charge in [-0.1, -0.05) is 30.3 Å². The van der Waals surface area contributed by atoms with Gasteiger partial charge >= 0.3 is 5.97 Å². The van der Waals surface area contributed by atoms with Crippen LogP contribution in [0.15, 0.2) is 48.5 Å². The lowest BCUT2D eigenvalue weighted by atomic mass is 10.1.